The maximum atomic E-state index is 13.2. The van der Waals surface area contributed by atoms with Crippen LogP contribution in [-0.4, -0.2) is 56.8 Å². The maximum absolute atomic E-state index is 13.2. The smallest absolute Gasteiger partial charge is 0.410 e. The Hall–Kier alpha value is -2.80. The largest absolute Gasteiger partial charge is 0.444 e. The highest BCUT2D eigenvalue weighted by Gasteiger charge is 2.41. The number of hydrogen-bond donors (Lipinski definition) is 0. The predicted octanol–water partition coefficient (Wildman–Crippen LogP) is 5.11. The summed E-state index contributed by atoms with van der Waals surface area (Å²) in [5.41, 5.74) is 6.17. The van der Waals surface area contributed by atoms with Crippen LogP contribution in [0.25, 0.3) is 5.69 Å². The fourth-order valence-corrected chi connectivity index (χ4v) is 5.44. The van der Waals surface area contributed by atoms with Gasteiger partial charge >= 0.3 is 6.09 Å². The molecule has 0 spiro atoms. The van der Waals surface area contributed by atoms with Crippen LogP contribution in [-0.2, 0) is 22.4 Å². The van der Waals surface area contributed by atoms with E-state index < -0.39 is 5.60 Å². The maximum Gasteiger partial charge on any atom is 0.410 e. The van der Waals surface area contributed by atoms with E-state index in [4.69, 9.17) is 21.4 Å². The number of benzene rings is 1. The fourth-order valence-electron chi connectivity index (χ4n) is 5.34. The summed E-state index contributed by atoms with van der Waals surface area (Å²) in [5, 5.41) is 5.01. The number of ether oxygens (including phenoxy) is 1. The van der Waals surface area contributed by atoms with E-state index in [0.717, 1.165) is 22.6 Å². The Kier molecular flexibility index (Phi) is 6.38. The van der Waals surface area contributed by atoms with Gasteiger partial charge in [-0.2, -0.15) is 5.10 Å². The number of carbonyl (C=O) groups is 2. The van der Waals surface area contributed by atoms with E-state index in [0.29, 0.717) is 38.4 Å². The summed E-state index contributed by atoms with van der Waals surface area (Å²) in [6, 6.07) is 8.46. The number of hydrogen-bond acceptors (Lipinski definition) is 4. The second-order valence-electron chi connectivity index (χ2n) is 10.7. The van der Waals surface area contributed by atoms with Gasteiger partial charge in [0, 0.05) is 49.7 Å². The van der Waals surface area contributed by atoms with Crippen molar-refractivity contribution in [2.24, 2.45) is 0 Å². The zero-order valence-corrected chi connectivity index (χ0v) is 21.4. The molecule has 2 aromatic rings. The van der Waals surface area contributed by atoms with Gasteiger partial charge in [0.1, 0.15) is 5.60 Å². The Balaban J connectivity index is 1.51. The minimum absolute atomic E-state index is 0.166. The molecule has 5 rings (SSSR count). The van der Waals surface area contributed by atoms with Crippen molar-refractivity contribution in [1.29, 1.82) is 0 Å². The summed E-state index contributed by atoms with van der Waals surface area (Å²) in [7, 11) is 0. The number of amides is 2. The lowest BCUT2D eigenvalue weighted by Crippen LogP contribution is -2.47. The molecule has 3 heterocycles. The molecule has 0 radical (unpaired) electrons. The summed E-state index contributed by atoms with van der Waals surface area (Å²) in [4.78, 5) is 29.4. The van der Waals surface area contributed by atoms with Gasteiger partial charge in [0.25, 0.3) is 0 Å². The lowest BCUT2D eigenvalue weighted by atomic mass is 9.80. The van der Waals surface area contributed by atoms with Crippen LogP contribution >= 0.6 is 11.6 Å². The molecular weight excluding hydrogens is 464 g/mol. The molecule has 0 unspecified atom stereocenters. The normalized spacial score (nSPS) is 20.4. The Morgan fingerprint density at radius 1 is 1.11 bits per heavy atom. The molecule has 186 valence electrons. The van der Waals surface area contributed by atoms with Crippen LogP contribution in [0.2, 0.25) is 0 Å². The van der Waals surface area contributed by atoms with Crippen LogP contribution in [0.5, 0.6) is 0 Å². The first-order valence-electron chi connectivity index (χ1n) is 12.5. The Morgan fingerprint density at radius 2 is 1.86 bits per heavy atom. The fraction of sp³-hybridized carbons (Fsp3) is 0.519. The lowest BCUT2D eigenvalue weighted by Gasteiger charge is -2.38. The van der Waals surface area contributed by atoms with E-state index in [2.05, 4.69) is 24.3 Å². The summed E-state index contributed by atoms with van der Waals surface area (Å²) in [6.07, 6.45) is 6.16. The molecule has 35 heavy (non-hydrogen) atoms. The Morgan fingerprint density at radius 3 is 2.49 bits per heavy atom. The van der Waals surface area contributed by atoms with Crippen molar-refractivity contribution in [3.63, 3.8) is 0 Å². The second-order valence-corrected chi connectivity index (χ2v) is 11.0. The van der Waals surface area contributed by atoms with E-state index in [1.807, 2.05) is 25.5 Å². The number of aromatic nitrogens is 2. The standard InChI is InChI=1S/C27H33ClN4O3/c1-27(2,3)35-26(34)31-16-13-22-25-21(12-15-30(17-23(25)31)24(33)11-14-28)29-32(22)20-9-7-19(8-10-20)18-5-4-6-18/h7-11,14,18,23H,4-6,12-13,15-17H2,1-3H3/b14-11-/t23-/m0/s1. The third kappa shape index (κ3) is 4.70. The van der Waals surface area contributed by atoms with Gasteiger partial charge in [0.15, 0.2) is 0 Å². The monoisotopic (exact) mass is 496 g/mol. The van der Waals surface area contributed by atoms with Crippen LogP contribution in [0, 0.1) is 0 Å². The van der Waals surface area contributed by atoms with Crippen molar-refractivity contribution < 1.29 is 14.3 Å². The van der Waals surface area contributed by atoms with Crippen molar-refractivity contribution in [2.45, 2.75) is 70.4 Å². The van der Waals surface area contributed by atoms with Gasteiger partial charge in [-0.05, 0) is 57.2 Å². The summed E-state index contributed by atoms with van der Waals surface area (Å²) in [6.45, 7) is 7.00. The van der Waals surface area contributed by atoms with Crippen molar-refractivity contribution in [3.05, 3.63) is 58.4 Å². The average Bonchev–Trinajstić information content (AvgIpc) is 3.02. The minimum atomic E-state index is -0.603. The second kappa shape index (κ2) is 9.34. The number of carbonyl (C=O) groups excluding carboxylic acids is 2. The summed E-state index contributed by atoms with van der Waals surface area (Å²) in [5.74, 6) is 0.523. The highest BCUT2D eigenvalue weighted by atomic mass is 35.5. The van der Waals surface area contributed by atoms with Crippen LogP contribution < -0.4 is 0 Å². The molecule has 2 aliphatic heterocycles. The van der Waals surface area contributed by atoms with E-state index >= 15 is 0 Å². The molecule has 1 atom stereocenters. The molecule has 0 bridgehead atoms. The van der Waals surface area contributed by atoms with Crippen molar-refractivity contribution in [2.75, 3.05) is 19.6 Å². The van der Waals surface area contributed by atoms with Crippen molar-refractivity contribution in [1.82, 2.24) is 19.6 Å². The molecule has 0 saturated heterocycles. The topological polar surface area (TPSA) is 67.7 Å². The van der Waals surface area contributed by atoms with Gasteiger partial charge in [-0.1, -0.05) is 30.2 Å². The first kappa shape index (κ1) is 23.9. The molecule has 8 heteroatoms. The number of rotatable bonds is 3. The molecule has 7 nitrogen and oxygen atoms in total. The van der Waals surface area contributed by atoms with Gasteiger partial charge in [0.05, 0.1) is 23.1 Å². The van der Waals surface area contributed by atoms with E-state index in [-0.39, 0.29) is 18.0 Å². The SMILES string of the molecule is CC(C)(C)OC(=O)N1CCc2c3c(nn2-c2ccc(C4CCC4)cc2)CCN(C(=O)/C=C\Cl)C[C@@H]31. The van der Waals surface area contributed by atoms with Crippen molar-refractivity contribution in [3.8, 4) is 5.69 Å². The van der Waals surface area contributed by atoms with Crippen LogP contribution in [0.1, 0.15) is 74.5 Å². The predicted molar refractivity (Wildman–Crippen MR) is 135 cm³/mol. The minimum Gasteiger partial charge on any atom is -0.444 e. The molecule has 0 N–H and O–H groups in total. The molecule has 1 aliphatic carbocycles. The van der Waals surface area contributed by atoms with Gasteiger partial charge in [-0.15, -0.1) is 0 Å². The van der Waals surface area contributed by atoms with Gasteiger partial charge in [-0.25, -0.2) is 9.48 Å². The first-order valence-corrected chi connectivity index (χ1v) is 12.9. The van der Waals surface area contributed by atoms with Crippen LogP contribution in [0.15, 0.2) is 35.9 Å². The summed E-state index contributed by atoms with van der Waals surface area (Å²) >= 11 is 5.69. The molecule has 1 aromatic carbocycles. The lowest BCUT2D eigenvalue weighted by molar-refractivity contribution is -0.126. The van der Waals surface area contributed by atoms with Crippen LogP contribution in [0.3, 0.4) is 0 Å². The Bertz CT molecular complexity index is 1140. The number of nitrogens with zero attached hydrogens (tertiary/aromatic N) is 4. The number of halogens is 1. The zero-order valence-electron chi connectivity index (χ0n) is 20.7. The molecule has 1 aromatic heterocycles. The van der Waals surface area contributed by atoms with E-state index in [1.54, 1.807) is 9.80 Å². The molecule has 1 saturated carbocycles. The zero-order chi connectivity index (χ0) is 24.7. The van der Waals surface area contributed by atoms with Gasteiger partial charge < -0.3 is 9.64 Å². The molecular formula is C27H33ClN4O3. The average molecular weight is 497 g/mol. The molecule has 1 fully saturated rings. The third-order valence-corrected chi connectivity index (χ3v) is 7.39. The van der Waals surface area contributed by atoms with E-state index in [9.17, 15) is 9.59 Å². The highest BCUT2D eigenvalue weighted by molar-refractivity contribution is 6.26. The van der Waals surface area contributed by atoms with Gasteiger partial charge in [0.2, 0.25) is 5.91 Å². The molecule has 3 aliphatic rings. The van der Waals surface area contributed by atoms with Crippen molar-refractivity contribution >= 4 is 23.6 Å². The highest BCUT2D eigenvalue weighted by Crippen LogP contribution is 2.39. The van der Waals surface area contributed by atoms with Gasteiger partial charge in [-0.3, -0.25) is 9.69 Å². The van der Waals surface area contributed by atoms with E-state index in [1.165, 1.54) is 36.4 Å². The Labute approximate surface area is 211 Å². The third-order valence-electron chi connectivity index (χ3n) is 7.27. The quantitative estimate of drug-likeness (QED) is 0.554. The summed E-state index contributed by atoms with van der Waals surface area (Å²) < 4.78 is 7.78. The first-order chi connectivity index (χ1) is 16.7. The van der Waals surface area contributed by atoms with Crippen LogP contribution in [0.4, 0.5) is 4.79 Å². The molecule has 2 amide bonds.